The first kappa shape index (κ1) is 17.8. The topological polar surface area (TPSA) is 70.7 Å². The Bertz CT molecular complexity index is 360. The van der Waals surface area contributed by atoms with Gasteiger partial charge in [-0.1, -0.05) is 0 Å². The van der Waals surface area contributed by atoms with Gasteiger partial charge in [-0.25, -0.2) is 4.79 Å². The van der Waals surface area contributed by atoms with Crippen LogP contribution in [0, 0.1) is 0 Å². The predicted molar refractivity (Wildman–Crippen MR) is 82.1 cm³/mol. The molecule has 21 heavy (non-hydrogen) atoms. The third-order valence-corrected chi connectivity index (χ3v) is 3.27. The number of carbonyl (C=O) groups excluding carboxylic acids is 2. The molecule has 0 spiro atoms. The van der Waals surface area contributed by atoms with E-state index in [2.05, 4.69) is 10.6 Å². The molecule has 6 heteroatoms. The Labute approximate surface area is 127 Å². The molecule has 1 saturated heterocycles. The summed E-state index contributed by atoms with van der Waals surface area (Å²) in [5.41, 5.74) is -0.500. The minimum Gasteiger partial charge on any atom is -0.444 e. The predicted octanol–water partition coefficient (Wildman–Crippen LogP) is 1.50. The zero-order valence-electron chi connectivity index (χ0n) is 13.9. The molecular formula is C15H29N3O3. The summed E-state index contributed by atoms with van der Waals surface area (Å²) >= 11 is 0. The van der Waals surface area contributed by atoms with Crippen LogP contribution in [0.25, 0.3) is 0 Å². The Morgan fingerprint density at radius 3 is 2.29 bits per heavy atom. The van der Waals surface area contributed by atoms with Crippen LogP contribution in [0.4, 0.5) is 4.79 Å². The van der Waals surface area contributed by atoms with Gasteiger partial charge in [-0.15, -0.1) is 0 Å². The zero-order chi connectivity index (χ0) is 16.0. The molecule has 0 aromatic rings. The number of likely N-dealkylation sites (tertiary alicyclic amines) is 1. The van der Waals surface area contributed by atoms with Gasteiger partial charge in [0.05, 0.1) is 6.04 Å². The summed E-state index contributed by atoms with van der Waals surface area (Å²) in [4.78, 5) is 25.6. The van der Waals surface area contributed by atoms with Crippen molar-refractivity contribution in [3.05, 3.63) is 0 Å². The van der Waals surface area contributed by atoms with Crippen molar-refractivity contribution >= 4 is 12.0 Å². The van der Waals surface area contributed by atoms with E-state index in [0.29, 0.717) is 6.54 Å². The molecule has 0 saturated carbocycles. The normalized spacial score (nSPS) is 18.2. The van der Waals surface area contributed by atoms with Gasteiger partial charge in [0.1, 0.15) is 5.60 Å². The van der Waals surface area contributed by atoms with E-state index in [4.69, 9.17) is 4.74 Å². The molecule has 0 aliphatic carbocycles. The summed E-state index contributed by atoms with van der Waals surface area (Å²) in [7, 11) is 0. The van der Waals surface area contributed by atoms with Crippen molar-refractivity contribution in [1.82, 2.24) is 15.5 Å². The van der Waals surface area contributed by atoms with Crippen molar-refractivity contribution in [1.29, 1.82) is 0 Å². The fourth-order valence-corrected chi connectivity index (χ4v) is 2.32. The Hall–Kier alpha value is -1.30. The highest BCUT2D eigenvalue weighted by molar-refractivity contribution is 5.81. The molecule has 2 N–H and O–H groups in total. The van der Waals surface area contributed by atoms with Crippen LogP contribution in [0.15, 0.2) is 0 Å². The van der Waals surface area contributed by atoms with Crippen LogP contribution in [0.3, 0.4) is 0 Å². The summed E-state index contributed by atoms with van der Waals surface area (Å²) in [5.74, 6) is 0.136. The number of ether oxygens (including phenoxy) is 1. The SMILES string of the molecule is CC(CNC(=O)OC(C)(C)C)NC(C)C(=O)N1CCCC1. The highest BCUT2D eigenvalue weighted by Gasteiger charge is 2.24. The number of alkyl carbamates (subject to hydrolysis) is 1. The maximum Gasteiger partial charge on any atom is 0.407 e. The molecule has 1 aliphatic heterocycles. The van der Waals surface area contributed by atoms with Crippen LogP contribution >= 0.6 is 0 Å². The number of carbonyl (C=O) groups is 2. The third-order valence-electron chi connectivity index (χ3n) is 3.27. The van der Waals surface area contributed by atoms with E-state index in [1.54, 1.807) is 0 Å². The van der Waals surface area contributed by atoms with Gasteiger partial charge in [0.25, 0.3) is 0 Å². The molecule has 1 aliphatic rings. The first-order valence-corrected chi connectivity index (χ1v) is 7.71. The quantitative estimate of drug-likeness (QED) is 0.807. The van der Waals surface area contributed by atoms with Gasteiger partial charge >= 0.3 is 6.09 Å². The lowest BCUT2D eigenvalue weighted by Crippen LogP contribution is -2.50. The molecule has 2 atom stereocenters. The lowest BCUT2D eigenvalue weighted by atomic mass is 10.2. The van der Waals surface area contributed by atoms with E-state index in [0.717, 1.165) is 25.9 Å². The monoisotopic (exact) mass is 299 g/mol. The van der Waals surface area contributed by atoms with E-state index < -0.39 is 11.7 Å². The first-order chi connectivity index (χ1) is 9.69. The van der Waals surface area contributed by atoms with Crippen LogP contribution in [0.2, 0.25) is 0 Å². The van der Waals surface area contributed by atoms with Gasteiger partial charge in [0.15, 0.2) is 0 Å². The van der Waals surface area contributed by atoms with E-state index in [9.17, 15) is 9.59 Å². The minimum absolute atomic E-state index is 0.000860. The standard InChI is InChI=1S/C15H29N3O3/c1-11(10-16-14(20)21-15(3,4)5)17-12(2)13(19)18-8-6-7-9-18/h11-12,17H,6-10H2,1-5H3,(H,16,20). The molecule has 6 nitrogen and oxygen atoms in total. The van der Waals surface area contributed by atoms with Crippen molar-refractivity contribution < 1.29 is 14.3 Å². The van der Waals surface area contributed by atoms with Crippen LogP contribution in [0.1, 0.15) is 47.5 Å². The lowest BCUT2D eigenvalue weighted by Gasteiger charge is -2.25. The second-order valence-corrected chi connectivity index (χ2v) is 6.70. The first-order valence-electron chi connectivity index (χ1n) is 7.71. The Balaban J connectivity index is 2.27. The molecule has 0 aromatic heterocycles. The van der Waals surface area contributed by atoms with E-state index >= 15 is 0 Å². The average molecular weight is 299 g/mol. The molecule has 122 valence electrons. The van der Waals surface area contributed by atoms with Gasteiger partial charge in [-0.2, -0.15) is 0 Å². The second-order valence-electron chi connectivity index (χ2n) is 6.70. The van der Waals surface area contributed by atoms with Gasteiger partial charge in [0.2, 0.25) is 5.91 Å². The zero-order valence-corrected chi connectivity index (χ0v) is 13.9. The number of rotatable bonds is 5. The fraction of sp³-hybridized carbons (Fsp3) is 0.867. The molecule has 0 aromatic carbocycles. The van der Waals surface area contributed by atoms with Gasteiger partial charge in [-0.05, 0) is 47.5 Å². The Morgan fingerprint density at radius 2 is 1.76 bits per heavy atom. The van der Waals surface area contributed by atoms with Crippen molar-refractivity contribution in [2.45, 2.75) is 65.1 Å². The Morgan fingerprint density at radius 1 is 1.19 bits per heavy atom. The number of amides is 2. The fourth-order valence-electron chi connectivity index (χ4n) is 2.32. The number of nitrogens with one attached hydrogen (secondary N) is 2. The number of hydrogen-bond acceptors (Lipinski definition) is 4. The molecule has 1 fully saturated rings. The molecule has 0 radical (unpaired) electrons. The molecule has 1 heterocycles. The van der Waals surface area contributed by atoms with Crippen molar-refractivity contribution in [2.24, 2.45) is 0 Å². The number of hydrogen-bond donors (Lipinski definition) is 2. The highest BCUT2D eigenvalue weighted by atomic mass is 16.6. The van der Waals surface area contributed by atoms with Crippen LogP contribution in [0.5, 0.6) is 0 Å². The van der Waals surface area contributed by atoms with Crippen molar-refractivity contribution in [3.8, 4) is 0 Å². The highest BCUT2D eigenvalue weighted by Crippen LogP contribution is 2.09. The van der Waals surface area contributed by atoms with Crippen LogP contribution in [-0.4, -0.2) is 54.2 Å². The minimum atomic E-state index is -0.500. The summed E-state index contributed by atoms with van der Waals surface area (Å²) in [5, 5.41) is 5.92. The summed E-state index contributed by atoms with van der Waals surface area (Å²) < 4.78 is 5.17. The van der Waals surface area contributed by atoms with Crippen LogP contribution in [-0.2, 0) is 9.53 Å². The summed E-state index contributed by atoms with van der Waals surface area (Å²) in [6.45, 7) is 11.4. The van der Waals surface area contributed by atoms with Gasteiger partial charge in [-0.3, -0.25) is 4.79 Å². The van der Waals surface area contributed by atoms with E-state index in [1.165, 1.54) is 0 Å². The average Bonchev–Trinajstić information content (AvgIpc) is 2.87. The van der Waals surface area contributed by atoms with Crippen molar-refractivity contribution in [2.75, 3.05) is 19.6 Å². The largest absolute Gasteiger partial charge is 0.444 e. The molecule has 0 bridgehead atoms. The number of nitrogens with zero attached hydrogens (tertiary/aromatic N) is 1. The van der Waals surface area contributed by atoms with E-state index in [1.807, 2.05) is 39.5 Å². The van der Waals surface area contributed by atoms with Crippen LogP contribution < -0.4 is 10.6 Å². The second kappa shape index (κ2) is 7.64. The Kier molecular flexibility index (Phi) is 6.45. The maximum atomic E-state index is 12.2. The third kappa shape index (κ3) is 6.80. The van der Waals surface area contributed by atoms with E-state index in [-0.39, 0.29) is 18.0 Å². The van der Waals surface area contributed by atoms with Gasteiger partial charge in [0, 0.05) is 25.7 Å². The molecule has 2 unspecified atom stereocenters. The smallest absolute Gasteiger partial charge is 0.407 e. The lowest BCUT2D eigenvalue weighted by molar-refractivity contribution is -0.132. The summed E-state index contributed by atoms with van der Waals surface area (Å²) in [6.07, 6.45) is 1.75. The maximum absolute atomic E-state index is 12.2. The van der Waals surface area contributed by atoms with Gasteiger partial charge < -0.3 is 20.3 Å². The molecular weight excluding hydrogens is 270 g/mol. The summed E-state index contributed by atoms with van der Waals surface area (Å²) in [6, 6.07) is -0.238. The molecule has 1 rings (SSSR count). The molecule has 2 amide bonds. The van der Waals surface area contributed by atoms with Crippen molar-refractivity contribution in [3.63, 3.8) is 0 Å².